The Morgan fingerprint density at radius 1 is 1.00 bits per heavy atom. The molecule has 0 aromatic heterocycles. The van der Waals surface area contributed by atoms with Crippen LogP contribution in [0.1, 0.15) is 55.5 Å². The first-order valence-electron chi connectivity index (χ1n) is 10.9. The fourth-order valence-electron chi connectivity index (χ4n) is 4.54. The van der Waals surface area contributed by atoms with Gasteiger partial charge in [0.05, 0.1) is 6.61 Å². The summed E-state index contributed by atoms with van der Waals surface area (Å²) in [5.74, 6) is 0.891. The van der Waals surface area contributed by atoms with E-state index in [9.17, 15) is 4.79 Å². The third-order valence-corrected chi connectivity index (χ3v) is 6.16. The molecule has 0 aliphatic carbocycles. The lowest BCUT2D eigenvalue weighted by Gasteiger charge is -2.26. The number of fused-ring (bicyclic) bond motifs is 1. The van der Waals surface area contributed by atoms with Crippen molar-refractivity contribution in [3.63, 3.8) is 0 Å². The predicted molar refractivity (Wildman–Crippen MR) is 118 cm³/mol. The number of carbonyl (C=O) groups excluding carboxylic acids is 1. The van der Waals surface area contributed by atoms with Crippen molar-refractivity contribution in [1.82, 2.24) is 4.90 Å². The zero-order valence-corrected chi connectivity index (χ0v) is 17.7. The van der Waals surface area contributed by atoms with Crippen LogP contribution in [0.15, 0.2) is 48.5 Å². The highest BCUT2D eigenvalue weighted by molar-refractivity contribution is 6.07. The van der Waals surface area contributed by atoms with Crippen LogP contribution in [0.25, 0.3) is 0 Å². The molecule has 1 fully saturated rings. The number of para-hydroxylation sites is 1. The highest BCUT2D eigenvalue weighted by atomic mass is 16.5. The fourth-order valence-corrected chi connectivity index (χ4v) is 4.54. The third-order valence-electron chi connectivity index (χ3n) is 6.16. The largest absolute Gasteiger partial charge is 0.494 e. The van der Waals surface area contributed by atoms with Gasteiger partial charge < -0.3 is 14.5 Å². The standard InChI is InChI=1S/C25H32N2O2/c1-25(2)19-27(23-10-5-4-9-22(23)25)24(28)20-11-13-21(14-12-20)29-18-8-17-26-15-6-3-7-16-26/h4-5,9-14H,3,6-8,15-19H2,1-2H3. The summed E-state index contributed by atoms with van der Waals surface area (Å²) in [4.78, 5) is 17.6. The quantitative estimate of drug-likeness (QED) is 0.657. The Hall–Kier alpha value is -2.33. The van der Waals surface area contributed by atoms with Crippen molar-refractivity contribution >= 4 is 11.6 Å². The van der Waals surface area contributed by atoms with Gasteiger partial charge >= 0.3 is 0 Å². The third kappa shape index (κ3) is 4.48. The molecule has 0 unspecified atom stereocenters. The molecule has 4 rings (SSSR count). The van der Waals surface area contributed by atoms with Crippen LogP contribution in [0.5, 0.6) is 5.75 Å². The zero-order chi connectivity index (χ0) is 20.3. The molecule has 2 aromatic rings. The highest BCUT2D eigenvalue weighted by Crippen LogP contribution is 2.40. The summed E-state index contributed by atoms with van der Waals surface area (Å²) >= 11 is 0. The van der Waals surface area contributed by atoms with Gasteiger partial charge in [0.15, 0.2) is 0 Å². The Morgan fingerprint density at radius 2 is 1.72 bits per heavy atom. The lowest BCUT2D eigenvalue weighted by Crippen LogP contribution is -2.33. The van der Waals surface area contributed by atoms with Crippen LogP contribution in [0.4, 0.5) is 5.69 Å². The molecule has 2 aliphatic rings. The van der Waals surface area contributed by atoms with Gasteiger partial charge in [0, 0.05) is 29.8 Å². The van der Waals surface area contributed by atoms with Crippen LogP contribution in [0, 0.1) is 0 Å². The minimum atomic E-state index is -0.0241. The van der Waals surface area contributed by atoms with E-state index in [0.717, 1.165) is 31.0 Å². The molecule has 2 heterocycles. The van der Waals surface area contributed by atoms with Crippen molar-refractivity contribution < 1.29 is 9.53 Å². The minimum Gasteiger partial charge on any atom is -0.494 e. The number of nitrogens with zero attached hydrogens (tertiary/aromatic N) is 2. The minimum absolute atomic E-state index is 0.0241. The van der Waals surface area contributed by atoms with Crippen molar-refractivity contribution in [1.29, 1.82) is 0 Å². The summed E-state index contributed by atoms with van der Waals surface area (Å²) < 4.78 is 5.90. The second kappa shape index (κ2) is 8.58. The van der Waals surface area contributed by atoms with Crippen LogP contribution in [0.3, 0.4) is 0 Å². The number of amides is 1. The summed E-state index contributed by atoms with van der Waals surface area (Å²) in [6, 6.07) is 15.8. The number of carbonyl (C=O) groups is 1. The Kier molecular flexibility index (Phi) is 5.91. The summed E-state index contributed by atoms with van der Waals surface area (Å²) in [5.41, 5.74) is 2.95. The highest BCUT2D eigenvalue weighted by Gasteiger charge is 2.37. The van der Waals surface area contributed by atoms with Crippen LogP contribution >= 0.6 is 0 Å². The van der Waals surface area contributed by atoms with E-state index in [1.165, 1.54) is 37.9 Å². The van der Waals surface area contributed by atoms with E-state index < -0.39 is 0 Å². The van der Waals surface area contributed by atoms with E-state index in [-0.39, 0.29) is 11.3 Å². The maximum atomic E-state index is 13.1. The number of benzene rings is 2. The molecular weight excluding hydrogens is 360 g/mol. The molecule has 0 radical (unpaired) electrons. The topological polar surface area (TPSA) is 32.8 Å². The molecule has 2 aliphatic heterocycles. The van der Waals surface area contributed by atoms with Gasteiger partial charge in [0.25, 0.3) is 5.91 Å². The maximum absolute atomic E-state index is 13.1. The fraction of sp³-hybridized carbons (Fsp3) is 0.480. The van der Waals surface area contributed by atoms with E-state index in [1.807, 2.05) is 47.4 Å². The number of anilines is 1. The Bertz CT molecular complexity index is 838. The molecule has 29 heavy (non-hydrogen) atoms. The average molecular weight is 393 g/mol. The van der Waals surface area contributed by atoms with E-state index in [0.29, 0.717) is 12.1 Å². The van der Waals surface area contributed by atoms with Gasteiger partial charge in [0.2, 0.25) is 0 Å². The van der Waals surface area contributed by atoms with Crippen molar-refractivity contribution in [2.45, 2.75) is 44.9 Å². The molecule has 2 aromatic carbocycles. The predicted octanol–water partition coefficient (Wildman–Crippen LogP) is 4.88. The van der Waals surface area contributed by atoms with Gasteiger partial charge in [-0.2, -0.15) is 0 Å². The number of likely N-dealkylation sites (tertiary alicyclic amines) is 1. The van der Waals surface area contributed by atoms with Crippen molar-refractivity contribution in [2.24, 2.45) is 0 Å². The number of hydrogen-bond donors (Lipinski definition) is 0. The molecule has 1 amide bonds. The van der Waals surface area contributed by atoms with Gasteiger partial charge in [-0.3, -0.25) is 4.79 Å². The zero-order valence-electron chi connectivity index (χ0n) is 17.7. The summed E-state index contributed by atoms with van der Waals surface area (Å²) in [6.07, 6.45) is 5.07. The number of ether oxygens (including phenoxy) is 1. The molecule has 1 saturated heterocycles. The van der Waals surface area contributed by atoms with Crippen molar-refractivity contribution in [3.05, 3.63) is 59.7 Å². The molecule has 4 nitrogen and oxygen atoms in total. The first-order valence-corrected chi connectivity index (χ1v) is 10.9. The Morgan fingerprint density at radius 3 is 2.48 bits per heavy atom. The van der Waals surface area contributed by atoms with E-state index >= 15 is 0 Å². The SMILES string of the molecule is CC1(C)CN(C(=O)c2ccc(OCCCN3CCCCC3)cc2)c2ccccc21. The Labute approximate surface area is 174 Å². The molecule has 0 spiro atoms. The molecule has 0 N–H and O–H groups in total. The first kappa shape index (κ1) is 20.0. The summed E-state index contributed by atoms with van der Waals surface area (Å²) in [7, 11) is 0. The smallest absolute Gasteiger partial charge is 0.258 e. The molecule has 0 saturated carbocycles. The second-order valence-corrected chi connectivity index (χ2v) is 8.92. The maximum Gasteiger partial charge on any atom is 0.258 e. The summed E-state index contributed by atoms with van der Waals surface area (Å²) in [5, 5.41) is 0. The normalized spacial score (nSPS) is 18.5. The first-order chi connectivity index (χ1) is 14.0. The van der Waals surface area contributed by atoms with E-state index in [1.54, 1.807) is 0 Å². The lowest BCUT2D eigenvalue weighted by atomic mass is 9.87. The van der Waals surface area contributed by atoms with Gasteiger partial charge in [-0.05, 0) is 68.2 Å². The van der Waals surface area contributed by atoms with Crippen LogP contribution in [0.2, 0.25) is 0 Å². The number of hydrogen-bond acceptors (Lipinski definition) is 3. The van der Waals surface area contributed by atoms with Crippen LogP contribution in [-0.2, 0) is 5.41 Å². The molecule has 154 valence electrons. The van der Waals surface area contributed by atoms with Crippen LogP contribution < -0.4 is 9.64 Å². The molecular formula is C25H32N2O2. The molecule has 0 atom stereocenters. The Balaban J connectivity index is 1.33. The van der Waals surface area contributed by atoms with Gasteiger partial charge in [-0.1, -0.05) is 38.5 Å². The van der Waals surface area contributed by atoms with Crippen molar-refractivity contribution in [2.75, 3.05) is 37.7 Å². The molecule has 4 heteroatoms. The van der Waals surface area contributed by atoms with E-state index in [2.05, 4.69) is 24.8 Å². The van der Waals surface area contributed by atoms with Gasteiger partial charge in [-0.25, -0.2) is 0 Å². The monoisotopic (exact) mass is 392 g/mol. The van der Waals surface area contributed by atoms with Crippen molar-refractivity contribution in [3.8, 4) is 5.75 Å². The van der Waals surface area contributed by atoms with Crippen LogP contribution in [-0.4, -0.2) is 43.6 Å². The molecule has 0 bridgehead atoms. The number of rotatable bonds is 6. The summed E-state index contributed by atoms with van der Waals surface area (Å²) in [6.45, 7) is 9.39. The average Bonchev–Trinajstić information content (AvgIpc) is 3.03. The van der Waals surface area contributed by atoms with Gasteiger partial charge in [0.1, 0.15) is 5.75 Å². The van der Waals surface area contributed by atoms with E-state index in [4.69, 9.17) is 4.74 Å². The van der Waals surface area contributed by atoms with Gasteiger partial charge in [-0.15, -0.1) is 0 Å². The number of piperidine rings is 1. The second-order valence-electron chi connectivity index (χ2n) is 8.92. The lowest BCUT2D eigenvalue weighted by molar-refractivity contribution is 0.0986.